The van der Waals surface area contributed by atoms with Gasteiger partial charge in [0.05, 0.1) is 5.88 Å². The molecule has 2 aromatic rings. The van der Waals surface area contributed by atoms with Crippen LogP contribution < -0.4 is 0 Å². The maximum Gasteiger partial charge on any atom is 0.291 e. The summed E-state index contributed by atoms with van der Waals surface area (Å²) < 4.78 is 5.69. The van der Waals surface area contributed by atoms with Crippen molar-refractivity contribution in [1.29, 1.82) is 0 Å². The molecule has 24 heavy (non-hydrogen) atoms. The average Bonchev–Trinajstić information content (AvgIpc) is 3.28. The Kier molecular flexibility index (Phi) is 4.45. The molecular formula is C17H18N2O3S2. The molecule has 2 aliphatic rings. The minimum atomic E-state index is -0.376. The van der Waals surface area contributed by atoms with Crippen molar-refractivity contribution in [1.82, 2.24) is 9.80 Å². The summed E-state index contributed by atoms with van der Waals surface area (Å²) in [5.41, 5.74) is 0.698. The Balaban J connectivity index is 1.55. The van der Waals surface area contributed by atoms with E-state index in [1.807, 2.05) is 40.9 Å². The van der Waals surface area contributed by atoms with Crippen LogP contribution in [0.25, 0.3) is 11.0 Å². The van der Waals surface area contributed by atoms with Gasteiger partial charge in [0.15, 0.2) is 5.76 Å². The van der Waals surface area contributed by atoms with Gasteiger partial charge in [0.1, 0.15) is 11.6 Å². The Morgan fingerprint density at radius 3 is 2.71 bits per heavy atom. The maximum atomic E-state index is 12.9. The molecule has 2 fully saturated rings. The predicted molar refractivity (Wildman–Crippen MR) is 97.4 cm³/mol. The summed E-state index contributed by atoms with van der Waals surface area (Å²) in [6, 6.07) is 8.95. The fourth-order valence-corrected chi connectivity index (χ4v) is 5.12. The number of hydrogen-bond acceptors (Lipinski definition) is 5. The summed E-state index contributed by atoms with van der Waals surface area (Å²) >= 11 is 3.49. The Hall–Kier alpha value is -1.60. The summed E-state index contributed by atoms with van der Waals surface area (Å²) in [5.74, 6) is 3.34. The van der Waals surface area contributed by atoms with Gasteiger partial charge in [-0.3, -0.25) is 9.59 Å². The van der Waals surface area contributed by atoms with Gasteiger partial charge in [-0.25, -0.2) is 0 Å². The van der Waals surface area contributed by atoms with E-state index < -0.39 is 0 Å². The highest BCUT2D eigenvalue weighted by atomic mass is 32.2. The summed E-state index contributed by atoms with van der Waals surface area (Å²) in [4.78, 5) is 29.2. The number of hydrogen-bond donors (Lipinski definition) is 0. The molecule has 3 heterocycles. The van der Waals surface area contributed by atoms with Crippen molar-refractivity contribution in [3.63, 3.8) is 0 Å². The van der Waals surface area contributed by atoms with E-state index in [4.69, 9.17) is 4.42 Å². The Morgan fingerprint density at radius 1 is 1.12 bits per heavy atom. The molecule has 0 radical (unpaired) electrons. The lowest BCUT2D eigenvalue weighted by Crippen LogP contribution is -2.51. The zero-order valence-corrected chi connectivity index (χ0v) is 14.8. The van der Waals surface area contributed by atoms with Crippen LogP contribution in [-0.2, 0) is 4.79 Å². The Bertz CT molecular complexity index is 737. The van der Waals surface area contributed by atoms with Crippen LogP contribution in [0.5, 0.6) is 0 Å². The second-order valence-electron chi connectivity index (χ2n) is 5.88. The fraction of sp³-hybridized carbons (Fsp3) is 0.412. The van der Waals surface area contributed by atoms with Gasteiger partial charge in [0.2, 0.25) is 5.91 Å². The molecule has 2 saturated heterocycles. The molecule has 1 unspecified atom stereocenters. The number of amides is 2. The smallest absolute Gasteiger partial charge is 0.291 e. The minimum absolute atomic E-state index is 0.0739. The number of rotatable bonds is 2. The third-order valence-corrected chi connectivity index (χ3v) is 6.34. The number of nitrogens with zero attached hydrogens (tertiary/aromatic N) is 2. The summed E-state index contributed by atoms with van der Waals surface area (Å²) in [6.07, 6.45) is 0. The summed E-state index contributed by atoms with van der Waals surface area (Å²) in [7, 11) is 0. The monoisotopic (exact) mass is 362 g/mol. The lowest BCUT2D eigenvalue weighted by atomic mass is 10.2. The van der Waals surface area contributed by atoms with Crippen molar-refractivity contribution in [2.24, 2.45) is 0 Å². The second kappa shape index (κ2) is 6.72. The normalized spacial score (nSPS) is 21.4. The highest BCUT2D eigenvalue weighted by Crippen LogP contribution is 2.27. The number of benzene rings is 1. The molecule has 7 heteroatoms. The number of fused-ring (bicyclic) bond motifs is 1. The van der Waals surface area contributed by atoms with Crippen LogP contribution in [0.3, 0.4) is 0 Å². The number of furan rings is 1. The molecule has 1 aromatic carbocycles. The van der Waals surface area contributed by atoms with Crippen molar-refractivity contribution in [2.75, 3.05) is 36.2 Å². The van der Waals surface area contributed by atoms with Gasteiger partial charge in [0.25, 0.3) is 5.91 Å². The molecule has 0 saturated carbocycles. The van der Waals surface area contributed by atoms with E-state index in [0.29, 0.717) is 23.0 Å². The van der Waals surface area contributed by atoms with Gasteiger partial charge in [-0.1, -0.05) is 18.2 Å². The molecule has 0 N–H and O–H groups in total. The molecule has 4 rings (SSSR count). The van der Waals surface area contributed by atoms with E-state index in [-0.39, 0.29) is 17.9 Å². The first-order valence-electron chi connectivity index (χ1n) is 7.98. The largest absolute Gasteiger partial charge is 0.451 e. The summed E-state index contributed by atoms with van der Waals surface area (Å²) in [5, 5.41) is 0.906. The van der Waals surface area contributed by atoms with E-state index in [1.165, 1.54) is 0 Å². The highest BCUT2D eigenvalue weighted by Gasteiger charge is 2.38. The second-order valence-corrected chi connectivity index (χ2v) is 8.10. The minimum Gasteiger partial charge on any atom is -0.451 e. The van der Waals surface area contributed by atoms with Crippen LogP contribution in [0, 0.1) is 0 Å². The van der Waals surface area contributed by atoms with Crippen LogP contribution in [0.2, 0.25) is 0 Å². The zero-order chi connectivity index (χ0) is 16.5. The van der Waals surface area contributed by atoms with Gasteiger partial charge in [-0.15, -0.1) is 11.8 Å². The molecule has 0 spiro atoms. The number of carbonyl (C=O) groups is 2. The van der Waals surface area contributed by atoms with E-state index in [1.54, 1.807) is 22.7 Å². The van der Waals surface area contributed by atoms with Crippen LogP contribution in [0.4, 0.5) is 0 Å². The Labute approximate surface area is 148 Å². The average molecular weight is 362 g/mol. The molecule has 0 bridgehead atoms. The van der Waals surface area contributed by atoms with Gasteiger partial charge >= 0.3 is 0 Å². The van der Waals surface area contributed by atoms with Gasteiger partial charge in [0, 0.05) is 35.7 Å². The van der Waals surface area contributed by atoms with Crippen molar-refractivity contribution in [2.45, 2.75) is 6.04 Å². The van der Waals surface area contributed by atoms with E-state index in [2.05, 4.69) is 0 Å². The molecule has 5 nitrogen and oxygen atoms in total. The molecule has 1 atom stereocenters. The quantitative estimate of drug-likeness (QED) is 0.822. The first kappa shape index (κ1) is 15.9. The summed E-state index contributed by atoms with van der Waals surface area (Å²) in [6.45, 7) is 1.55. The SMILES string of the molecule is O=C(C1CSCN1C(=O)c1cc2ccccc2o1)N1CCSCC1. The first-order chi connectivity index (χ1) is 11.7. The van der Waals surface area contributed by atoms with Gasteiger partial charge in [-0.05, 0) is 12.1 Å². The van der Waals surface area contributed by atoms with Gasteiger partial charge < -0.3 is 14.2 Å². The topological polar surface area (TPSA) is 53.8 Å². The standard InChI is InChI=1S/C17H18N2O3S2/c20-16(18-5-7-23-8-6-18)13-10-24-11-19(13)17(21)15-9-12-3-1-2-4-14(12)22-15/h1-4,9,13H,5-8,10-11H2. The molecule has 2 amide bonds. The maximum absolute atomic E-state index is 12.9. The Morgan fingerprint density at radius 2 is 1.92 bits per heavy atom. The van der Waals surface area contributed by atoms with Crippen molar-refractivity contribution >= 4 is 46.3 Å². The molecular weight excluding hydrogens is 344 g/mol. The molecule has 1 aromatic heterocycles. The van der Waals surface area contributed by atoms with E-state index >= 15 is 0 Å². The van der Waals surface area contributed by atoms with E-state index in [9.17, 15) is 9.59 Å². The third-order valence-electron chi connectivity index (χ3n) is 4.39. The van der Waals surface area contributed by atoms with Crippen LogP contribution in [0.1, 0.15) is 10.6 Å². The zero-order valence-electron chi connectivity index (χ0n) is 13.1. The number of carbonyl (C=O) groups excluding carboxylic acids is 2. The first-order valence-corrected chi connectivity index (χ1v) is 10.3. The van der Waals surface area contributed by atoms with Gasteiger partial charge in [-0.2, -0.15) is 11.8 Å². The lowest BCUT2D eigenvalue weighted by Gasteiger charge is -2.31. The fourth-order valence-electron chi connectivity index (χ4n) is 3.07. The number of para-hydroxylation sites is 1. The lowest BCUT2D eigenvalue weighted by molar-refractivity contribution is -0.134. The number of thioether (sulfide) groups is 2. The van der Waals surface area contributed by atoms with Crippen molar-refractivity contribution in [3.8, 4) is 0 Å². The van der Waals surface area contributed by atoms with Crippen molar-refractivity contribution in [3.05, 3.63) is 36.1 Å². The van der Waals surface area contributed by atoms with Crippen LogP contribution in [-0.4, -0.2) is 63.9 Å². The van der Waals surface area contributed by atoms with Crippen LogP contribution in [0.15, 0.2) is 34.7 Å². The third kappa shape index (κ3) is 2.91. The highest BCUT2D eigenvalue weighted by molar-refractivity contribution is 7.99. The van der Waals surface area contributed by atoms with Crippen molar-refractivity contribution < 1.29 is 14.0 Å². The van der Waals surface area contributed by atoms with Crippen LogP contribution >= 0.6 is 23.5 Å². The molecule has 126 valence electrons. The molecule has 2 aliphatic heterocycles. The predicted octanol–water partition coefficient (Wildman–Crippen LogP) is 2.52. The molecule has 0 aliphatic carbocycles. The van der Waals surface area contributed by atoms with E-state index in [0.717, 1.165) is 30.0 Å².